The second-order valence-electron chi connectivity index (χ2n) is 13.2. The number of fused-ring (bicyclic) bond motifs is 2. The van der Waals surface area contributed by atoms with Crippen molar-refractivity contribution in [3.05, 3.63) is 53.7 Å². The Morgan fingerprint density at radius 2 is 1.82 bits per heavy atom. The molecular formula is C34H45N9O. The summed E-state index contributed by atoms with van der Waals surface area (Å²) in [5, 5.41) is 9.59. The van der Waals surface area contributed by atoms with Crippen LogP contribution in [0.5, 0.6) is 0 Å². The summed E-state index contributed by atoms with van der Waals surface area (Å²) in [6.45, 7) is 13.1. The van der Waals surface area contributed by atoms with Crippen molar-refractivity contribution in [3.8, 4) is 6.07 Å². The monoisotopic (exact) mass is 595 g/mol. The van der Waals surface area contributed by atoms with E-state index in [9.17, 15) is 10.1 Å². The van der Waals surface area contributed by atoms with Crippen molar-refractivity contribution in [2.24, 2.45) is 0 Å². The van der Waals surface area contributed by atoms with Crippen molar-refractivity contribution in [2.45, 2.75) is 56.7 Å². The van der Waals surface area contributed by atoms with E-state index in [1.165, 1.54) is 35.0 Å². The molecule has 1 aromatic heterocycles. The number of nitriles is 1. The lowest BCUT2D eigenvalue weighted by atomic mass is 9.88. The molecule has 7 rings (SSSR count). The fraction of sp³-hybridized carbons (Fsp3) is 0.588. The van der Waals surface area contributed by atoms with Gasteiger partial charge in [0, 0.05) is 95.2 Å². The number of aryl methyl sites for hydroxylation is 1. The summed E-state index contributed by atoms with van der Waals surface area (Å²) in [5.41, 5.74) is 5.28. The maximum Gasteiger partial charge on any atom is 0.246 e. The molecule has 10 heteroatoms. The normalized spacial score (nSPS) is 24.7. The number of aromatic nitrogens is 2. The van der Waals surface area contributed by atoms with E-state index in [2.05, 4.69) is 68.5 Å². The molecular weight excluding hydrogens is 550 g/mol. The maximum absolute atomic E-state index is 12.6. The van der Waals surface area contributed by atoms with Crippen molar-refractivity contribution in [1.82, 2.24) is 24.7 Å². The van der Waals surface area contributed by atoms with Crippen LogP contribution in [0.3, 0.4) is 0 Å². The standard InChI is InChI=1S/C34H45N9O/c1-3-32(44)43-20-19-40(22-27(43)12-13-35)33-29-11-10-26(42-14-6-8-25-7-4-5-9-31(25)42)21-30(29)36-34(37-33)41-23-28(24-41)39-17-15-38(2)16-18-39/h3-5,7,9,26-28H,1,6,8,10-12,14-24H2,2H3. The number of hydrogen-bond acceptors (Lipinski definition) is 9. The molecule has 10 nitrogen and oxygen atoms in total. The molecule has 1 amide bonds. The van der Waals surface area contributed by atoms with Crippen LogP contribution in [-0.4, -0.2) is 121 Å². The maximum atomic E-state index is 12.6. The van der Waals surface area contributed by atoms with Gasteiger partial charge in [0.2, 0.25) is 11.9 Å². The van der Waals surface area contributed by atoms with Gasteiger partial charge in [-0.15, -0.1) is 0 Å². The van der Waals surface area contributed by atoms with Gasteiger partial charge in [0.15, 0.2) is 0 Å². The molecule has 5 heterocycles. The smallest absolute Gasteiger partial charge is 0.246 e. The molecule has 0 saturated carbocycles. The van der Waals surface area contributed by atoms with Gasteiger partial charge in [0.1, 0.15) is 5.82 Å². The van der Waals surface area contributed by atoms with Crippen LogP contribution in [0.1, 0.15) is 36.1 Å². The quantitative estimate of drug-likeness (QED) is 0.467. The third-order valence-corrected chi connectivity index (χ3v) is 10.6. The topological polar surface area (TPSA) is 86.1 Å². The SMILES string of the molecule is C=CC(=O)N1CCN(c2nc(N3CC(N4CCN(C)CC4)C3)nc3c2CCC(N2CCCc4ccccc42)C3)CC1CC#N. The number of carbonyl (C=O) groups excluding carboxylic acids is 1. The third kappa shape index (κ3) is 5.52. The number of para-hydroxylation sites is 1. The highest BCUT2D eigenvalue weighted by molar-refractivity contribution is 5.87. The van der Waals surface area contributed by atoms with Gasteiger partial charge >= 0.3 is 0 Å². The third-order valence-electron chi connectivity index (χ3n) is 10.6. The van der Waals surface area contributed by atoms with Crippen LogP contribution >= 0.6 is 0 Å². The summed E-state index contributed by atoms with van der Waals surface area (Å²) in [6.07, 6.45) is 6.93. The van der Waals surface area contributed by atoms with Gasteiger partial charge in [0.25, 0.3) is 0 Å². The molecule has 3 fully saturated rings. The van der Waals surface area contributed by atoms with Crippen molar-refractivity contribution < 1.29 is 4.79 Å². The van der Waals surface area contributed by atoms with E-state index in [0.29, 0.717) is 38.1 Å². The van der Waals surface area contributed by atoms with E-state index >= 15 is 0 Å². The lowest BCUT2D eigenvalue weighted by Crippen LogP contribution is -2.63. The molecule has 2 unspecified atom stereocenters. The molecule has 0 bridgehead atoms. The molecule has 1 aliphatic carbocycles. The van der Waals surface area contributed by atoms with E-state index < -0.39 is 0 Å². The van der Waals surface area contributed by atoms with Crippen molar-refractivity contribution in [3.63, 3.8) is 0 Å². The van der Waals surface area contributed by atoms with E-state index in [1.54, 1.807) is 4.90 Å². The zero-order valence-corrected chi connectivity index (χ0v) is 26.1. The summed E-state index contributed by atoms with van der Waals surface area (Å²) in [6, 6.07) is 12.0. The fourth-order valence-electron chi connectivity index (χ4n) is 7.95. The average Bonchev–Trinajstić information content (AvgIpc) is 3.04. The number of carbonyl (C=O) groups is 1. The van der Waals surface area contributed by atoms with E-state index in [0.717, 1.165) is 83.3 Å². The summed E-state index contributed by atoms with van der Waals surface area (Å²) in [5.74, 6) is 1.75. The Bertz CT molecular complexity index is 1420. The minimum atomic E-state index is -0.180. The minimum absolute atomic E-state index is 0.101. The zero-order valence-electron chi connectivity index (χ0n) is 26.1. The van der Waals surface area contributed by atoms with Gasteiger partial charge in [-0.3, -0.25) is 9.69 Å². The van der Waals surface area contributed by atoms with E-state index in [-0.39, 0.29) is 11.9 Å². The molecule has 0 spiro atoms. The Labute approximate surface area is 261 Å². The van der Waals surface area contributed by atoms with Crippen LogP contribution in [0.25, 0.3) is 0 Å². The zero-order chi connectivity index (χ0) is 30.2. The molecule has 232 valence electrons. The Hall–Kier alpha value is -3.68. The summed E-state index contributed by atoms with van der Waals surface area (Å²) < 4.78 is 0. The summed E-state index contributed by atoms with van der Waals surface area (Å²) in [4.78, 5) is 37.3. The van der Waals surface area contributed by atoms with Crippen LogP contribution in [-0.2, 0) is 24.1 Å². The Balaban J connectivity index is 1.17. The first-order valence-electron chi connectivity index (χ1n) is 16.5. The van der Waals surface area contributed by atoms with Crippen LogP contribution < -0.4 is 14.7 Å². The number of hydrogen-bond donors (Lipinski definition) is 0. The second kappa shape index (κ2) is 12.4. The molecule has 1 aromatic carbocycles. The largest absolute Gasteiger partial charge is 0.368 e. The molecule has 0 radical (unpaired) electrons. The van der Waals surface area contributed by atoms with Crippen molar-refractivity contribution in [1.29, 1.82) is 5.26 Å². The highest BCUT2D eigenvalue weighted by atomic mass is 16.2. The van der Waals surface area contributed by atoms with E-state index in [4.69, 9.17) is 9.97 Å². The highest BCUT2D eigenvalue weighted by Crippen LogP contribution is 2.37. The minimum Gasteiger partial charge on any atom is -0.368 e. The molecule has 3 saturated heterocycles. The molecule has 0 N–H and O–H groups in total. The van der Waals surface area contributed by atoms with Gasteiger partial charge in [-0.05, 0) is 50.4 Å². The van der Waals surface area contributed by atoms with Crippen molar-refractivity contribution in [2.75, 3.05) is 87.2 Å². The van der Waals surface area contributed by atoms with Gasteiger partial charge in [0.05, 0.1) is 24.2 Å². The van der Waals surface area contributed by atoms with Gasteiger partial charge in [-0.2, -0.15) is 10.2 Å². The number of likely N-dealkylation sites (N-methyl/N-ethyl adjacent to an activating group) is 1. The molecule has 5 aliphatic rings. The van der Waals surface area contributed by atoms with Crippen molar-refractivity contribution >= 4 is 23.4 Å². The Kier molecular flexibility index (Phi) is 8.17. The first-order chi connectivity index (χ1) is 21.5. The first-order valence-corrected chi connectivity index (χ1v) is 16.5. The van der Waals surface area contributed by atoms with E-state index in [1.807, 2.05) is 0 Å². The number of piperazine rings is 2. The fourth-order valence-corrected chi connectivity index (χ4v) is 7.95. The van der Waals surface area contributed by atoms with Crippen LogP contribution in [0.4, 0.5) is 17.5 Å². The van der Waals surface area contributed by atoms with Crippen LogP contribution in [0.15, 0.2) is 36.9 Å². The number of nitrogens with zero attached hydrogens (tertiary/aromatic N) is 9. The predicted octanol–water partition coefficient (Wildman–Crippen LogP) is 2.34. The van der Waals surface area contributed by atoms with Gasteiger partial charge in [-0.25, -0.2) is 4.98 Å². The summed E-state index contributed by atoms with van der Waals surface area (Å²) >= 11 is 0. The van der Waals surface area contributed by atoms with Crippen LogP contribution in [0, 0.1) is 11.3 Å². The number of amides is 1. The molecule has 4 aliphatic heterocycles. The molecule has 44 heavy (non-hydrogen) atoms. The lowest BCUT2D eigenvalue weighted by molar-refractivity contribution is -0.128. The predicted molar refractivity (Wildman–Crippen MR) is 173 cm³/mol. The second-order valence-corrected chi connectivity index (χ2v) is 13.2. The lowest BCUT2D eigenvalue weighted by Gasteiger charge is -2.48. The number of benzene rings is 1. The first kappa shape index (κ1) is 29.1. The van der Waals surface area contributed by atoms with Crippen LogP contribution in [0.2, 0.25) is 0 Å². The molecule has 2 aromatic rings. The molecule has 2 atom stereocenters. The average molecular weight is 596 g/mol. The number of rotatable bonds is 6. The summed E-state index contributed by atoms with van der Waals surface area (Å²) in [7, 11) is 2.21. The number of anilines is 3. The van der Waals surface area contributed by atoms with Gasteiger partial charge in [-0.1, -0.05) is 24.8 Å². The van der Waals surface area contributed by atoms with Gasteiger partial charge < -0.3 is 24.5 Å². The Morgan fingerprint density at radius 1 is 1.00 bits per heavy atom. The highest BCUT2D eigenvalue weighted by Gasteiger charge is 2.38. The Morgan fingerprint density at radius 3 is 2.61 bits per heavy atom.